The first-order chi connectivity index (χ1) is 1.73. The quantitative estimate of drug-likeness (QED) is 0.433. The van der Waals surface area contributed by atoms with E-state index in [2.05, 4.69) is 0 Å². The van der Waals surface area contributed by atoms with Crippen molar-refractivity contribution in [1.82, 2.24) is 0 Å². The van der Waals surface area contributed by atoms with Crippen molar-refractivity contribution < 1.29 is 36.4 Å². The summed E-state index contributed by atoms with van der Waals surface area (Å²) in [7, 11) is -3.38. The van der Waals surface area contributed by atoms with Gasteiger partial charge in [0.25, 0.3) is 0 Å². The van der Waals surface area contributed by atoms with E-state index in [0.717, 1.165) is 0 Å². The Morgan fingerprint density at radius 3 is 1.80 bits per heavy atom. The van der Waals surface area contributed by atoms with Gasteiger partial charge in [-0.1, -0.05) is 0 Å². The largest absolute Gasteiger partial charge is 1.00 e. The van der Waals surface area contributed by atoms with Crippen molar-refractivity contribution in [3.05, 3.63) is 0 Å². The molecule has 0 radical (unpaired) electrons. The average molecular weight is 185 g/mol. The zero-order chi connectivity index (χ0) is 3.58. The van der Waals surface area contributed by atoms with E-state index in [1.54, 1.807) is 0 Å². The van der Waals surface area contributed by atoms with Gasteiger partial charge in [-0.2, -0.15) is 0 Å². The van der Waals surface area contributed by atoms with Crippen LogP contribution in [0.15, 0.2) is 0 Å². The van der Waals surface area contributed by atoms with Crippen LogP contribution in [0.25, 0.3) is 0 Å². The fraction of sp³-hybridized carbons (Fsp3) is 0. The molecule has 5 heteroatoms. The van der Waals surface area contributed by atoms with E-state index in [1.165, 1.54) is 0 Å². The third-order valence-electron chi connectivity index (χ3n) is 0. The fourth-order valence-electron chi connectivity index (χ4n) is 0. The van der Waals surface area contributed by atoms with Crippen molar-refractivity contribution in [1.29, 1.82) is 0 Å². The molecule has 0 aliphatic carbocycles. The Balaban J connectivity index is 0. The molecule has 0 aromatic heterocycles. The van der Waals surface area contributed by atoms with Crippen LogP contribution in [0.4, 0.5) is 0 Å². The molecule has 0 unspecified atom stereocenters. The first-order valence-electron chi connectivity index (χ1n) is 0.632. The third kappa shape index (κ3) is 190. The molecule has 0 atom stereocenters. The second-order valence-electron chi connectivity index (χ2n) is 0.266. The van der Waals surface area contributed by atoms with Gasteiger partial charge in [-0.15, -0.1) is 0 Å². The smallest absolute Gasteiger partial charge is 0.604 e. The summed E-state index contributed by atoms with van der Waals surface area (Å²) in [5.41, 5.74) is 0. The van der Waals surface area contributed by atoms with Gasteiger partial charge in [-0.25, -0.2) is 0 Å². The molecule has 0 aliphatic heterocycles. The first kappa shape index (κ1) is 9.02. The molecule has 1 N–H and O–H groups in total. The van der Waals surface area contributed by atoms with Crippen molar-refractivity contribution >= 4 is 9.17 Å². The van der Waals surface area contributed by atoms with Crippen LogP contribution in [-0.4, -0.2) is 14.0 Å². The standard InChI is InChI=1S/Ag.HO3Si/c;1-4(2)3/h;1H/q+1;-1. The Morgan fingerprint density at radius 1 is 1.80 bits per heavy atom. The molecule has 34 valence electrons. The van der Waals surface area contributed by atoms with Gasteiger partial charge in [-0.05, 0) is 0 Å². The van der Waals surface area contributed by atoms with Gasteiger partial charge in [0.15, 0.2) is 0 Å². The van der Waals surface area contributed by atoms with Crippen molar-refractivity contribution in [2.75, 3.05) is 0 Å². The van der Waals surface area contributed by atoms with Crippen LogP contribution in [0, 0.1) is 0 Å². The van der Waals surface area contributed by atoms with Crippen LogP contribution in [0.2, 0.25) is 0 Å². The third-order valence-corrected chi connectivity index (χ3v) is 0. The zero-order valence-electron chi connectivity index (χ0n) is 2.07. The molecule has 0 saturated heterocycles. The number of hydrogen-bond donors (Lipinski definition) is 1. The summed E-state index contributed by atoms with van der Waals surface area (Å²) in [5, 5.41) is 0. The van der Waals surface area contributed by atoms with E-state index < -0.39 is 9.17 Å². The summed E-state index contributed by atoms with van der Waals surface area (Å²) in [5.74, 6) is 0. The van der Waals surface area contributed by atoms with Gasteiger partial charge in [0.05, 0.1) is 0 Å². The monoisotopic (exact) mass is 184 g/mol. The van der Waals surface area contributed by atoms with Gasteiger partial charge < -0.3 is 14.1 Å². The summed E-state index contributed by atoms with van der Waals surface area (Å²) >= 11 is 0. The van der Waals surface area contributed by atoms with Crippen molar-refractivity contribution in [3.63, 3.8) is 0 Å². The van der Waals surface area contributed by atoms with Crippen LogP contribution >= 0.6 is 0 Å². The maximum Gasteiger partial charge on any atom is 1.00 e. The molecule has 0 spiro atoms. The Hall–Kier alpha value is 0.357. The maximum atomic E-state index is 8.63. The van der Waals surface area contributed by atoms with Gasteiger partial charge in [0, 0.05) is 0 Å². The second kappa shape index (κ2) is 4.36. The van der Waals surface area contributed by atoms with E-state index in [9.17, 15) is 0 Å². The molecular formula is HAgO3Si. The molecule has 0 amide bonds. The van der Waals surface area contributed by atoms with Gasteiger partial charge in [-0.3, -0.25) is 0 Å². The molecule has 3 nitrogen and oxygen atoms in total. The van der Waals surface area contributed by atoms with Crippen LogP contribution in [-0.2, 0) is 26.8 Å². The fourth-order valence-corrected chi connectivity index (χ4v) is 0. The predicted molar refractivity (Wildman–Crippen MR) is 8.66 cm³/mol. The Morgan fingerprint density at radius 2 is 1.80 bits per heavy atom. The minimum atomic E-state index is -3.38. The van der Waals surface area contributed by atoms with Gasteiger partial charge in [0.2, 0.25) is 0 Å². The van der Waals surface area contributed by atoms with E-state index in [4.69, 9.17) is 14.1 Å². The maximum absolute atomic E-state index is 8.63. The van der Waals surface area contributed by atoms with E-state index >= 15 is 0 Å². The molecule has 0 aromatic carbocycles. The molecule has 0 saturated carbocycles. The van der Waals surface area contributed by atoms with Crippen LogP contribution in [0.3, 0.4) is 0 Å². The molecule has 5 heavy (non-hydrogen) atoms. The topological polar surface area (TPSA) is 60.4 Å². The molecule has 0 heterocycles. The van der Waals surface area contributed by atoms with Gasteiger partial charge in [0.1, 0.15) is 0 Å². The Labute approximate surface area is 46.0 Å². The summed E-state index contributed by atoms with van der Waals surface area (Å²) in [6.07, 6.45) is 0. The second-order valence-corrected chi connectivity index (χ2v) is 0.798. The summed E-state index contributed by atoms with van der Waals surface area (Å²) in [6, 6.07) is 0. The summed E-state index contributed by atoms with van der Waals surface area (Å²) < 4.78 is 8.63. The molecule has 0 aliphatic rings. The summed E-state index contributed by atoms with van der Waals surface area (Å²) in [6.45, 7) is 0. The SMILES string of the molecule is O=[Si]([O-])O.[Ag+]. The van der Waals surface area contributed by atoms with Crippen LogP contribution in [0.5, 0.6) is 0 Å². The van der Waals surface area contributed by atoms with E-state index in [-0.39, 0.29) is 22.4 Å². The van der Waals surface area contributed by atoms with E-state index in [1.807, 2.05) is 0 Å². The van der Waals surface area contributed by atoms with Crippen LogP contribution < -0.4 is 4.80 Å². The molecule has 0 rings (SSSR count). The predicted octanol–water partition coefficient (Wildman–Crippen LogP) is -2.25. The average Bonchev–Trinajstić information content (AvgIpc) is 0.811. The normalized spacial score (nSPS) is 4.80. The van der Waals surface area contributed by atoms with E-state index in [0.29, 0.717) is 0 Å². The minimum Gasteiger partial charge on any atom is -0.604 e. The number of rotatable bonds is 0. The number of hydrogen-bond acceptors (Lipinski definition) is 2. The molecule has 0 bridgehead atoms. The Kier molecular flexibility index (Phi) is 7.86. The Bertz CT molecular complexity index is 29.9. The zero-order valence-corrected chi connectivity index (χ0v) is 4.55. The molecule has 0 aromatic rings. The van der Waals surface area contributed by atoms with Crippen molar-refractivity contribution in [2.24, 2.45) is 0 Å². The molecular weight excluding hydrogens is 184 g/mol. The molecule has 0 fully saturated rings. The van der Waals surface area contributed by atoms with Crippen LogP contribution in [0.1, 0.15) is 0 Å². The first-order valence-corrected chi connectivity index (χ1v) is 1.90. The minimum absolute atomic E-state index is 0. The summed E-state index contributed by atoms with van der Waals surface area (Å²) in [4.78, 5) is 15.7. The van der Waals surface area contributed by atoms with Crippen molar-refractivity contribution in [3.8, 4) is 0 Å². The van der Waals surface area contributed by atoms with Crippen molar-refractivity contribution in [2.45, 2.75) is 0 Å². The van der Waals surface area contributed by atoms with Gasteiger partial charge >= 0.3 is 31.6 Å².